The van der Waals surface area contributed by atoms with Gasteiger partial charge in [-0.25, -0.2) is 8.42 Å². The minimum Gasteiger partial charge on any atom is -0.355 e. The van der Waals surface area contributed by atoms with Gasteiger partial charge in [0.1, 0.15) is 0 Å². The van der Waals surface area contributed by atoms with E-state index in [1.54, 1.807) is 6.92 Å². The molecule has 0 aromatic heterocycles. The molecular weight excluding hydrogens is 192 g/mol. The fraction of sp³-hybridized carbons (Fsp3) is 0.857. The van der Waals surface area contributed by atoms with Crippen LogP contribution in [0, 0.1) is 0 Å². The maximum atomic E-state index is 11.4. The molecule has 0 aromatic rings. The monoisotopic (exact) mass is 206 g/mol. The molecule has 1 fully saturated rings. The third-order valence-electron chi connectivity index (χ3n) is 1.98. The number of carbonyl (C=O) groups excluding carboxylic acids is 1. The van der Waals surface area contributed by atoms with Gasteiger partial charge in [-0.1, -0.05) is 0 Å². The average Bonchev–Trinajstić information content (AvgIpc) is 2.30. The third-order valence-corrected chi connectivity index (χ3v) is 3.81. The summed E-state index contributed by atoms with van der Waals surface area (Å²) in [5.41, 5.74) is 0. The van der Waals surface area contributed by atoms with Crippen molar-refractivity contribution in [2.24, 2.45) is 0 Å². The first-order chi connectivity index (χ1) is 6.06. The summed E-state index contributed by atoms with van der Waals surface area (Å²) < 4.78 is 24.0. The van der Waals surface area contributed by atoms with Crippen molar-refractivity contribution in [3.63, 3.8) is 0 Å². The Morgan fingerprint density at radius 2 is 2.23 bits per heavy atom. The van der Waals surface area contributed by atoms with Gasteiger partial charge in [-0.3, -0.25) is 4.79 Å². The zero-order chi connectivity index (χ0) is 9.90. The third kappa shape index (κ3) is 2.67. The molecule has 0 saturated carbocycles. The van der Waals surface area contributed by atoms with Gasteiger partial charge >= 0.3 is 0 Å². The highest BCUT2D eigenvalue weighted by Crippen LogP contribution is 2.04. The molecule has 0 unspecified atom stereocenters. The number of amides is 1. The topological polar surface area (TPSA) is 66.5 Å². The molecule has 1 aliphatic heterocycles. The molecule has 0 atom stereocenters. The zero-order valence-corrected chi connectivity index (χ0v) is 8.43. The molecule has 1 rings (SSSR count). The lowest BCUT2D eigenvalue weighted by atomic mass is 10.4. The van der Waals surface area contributed by atoms with Crippen LogP contribution in [0.3, 0.4) is 0 Å². The van der Waals surface area contributed by atoms with Crippen molar-refractivity contribution >= 4 is 15.9 Å². The van der Waals surface area contributed by atoms with Gasteiger partial charge in [0.05, 0.1) is 12.3 Å². The van der Waals surface area contributed by atoms with Crippen molar-refractivity contribution in [3.8, 4) is 0 Å². The van der Waals surface area contributed by atoms with E-state index in [1.807, 2.05) is 0 Å². The second kappa shape index (κ2) is 4.06. The Morgan fingerprint density at radius 1 is 1.54 bits per heavy atom. The Hall–Kier alpha value is -0.620. The van der Waals surface area contributed by atoms with E-state index in [-0.39, 0.29) is 18.2 Å². The summed E-state index contributed by atoms with van der Waals surface area (Å²) in [6, 6.07) is 0. The fourth-order valence-electron chi connectivity index (χ4n) is 1.20. The number of nitrogens with one attached hydrogen (secondary N) is 1. The van der Waals surface area contributed by atoms with Crippen molar-refractivity contribution in [1.29, 1.82) is 0 Å². The first-order valence-corrected chi connectivity index (χ1v) is 5.91. The number of sulfonamides is 1. The summed E-state index contributed by atoms with van der Waals surface area (Å²) in [6.07, 6.45) is 0.685. The molecule has 0 aliphatic carbocycles. The van der Waals surface area contributed by atoms with E-state index in [9.17, 15) is 13.2 Å². The second-order valence-electron chi connectivity index (χ2n) is 2.94. The van der Waals surface area contributed by atoms with Gasteiger partial charge in [0.25, 0.3) is 0 Å². The molecule has 13 heavy (non-hydrogen) atoms. The molecule has 0 aromatic carbocycles. The summed E-state index contributed by atoms with van der Waals surface area (Å²) in [5.74, 6) is -0.158. The summed E-state index contributed by atoms with van der Waals surface area (Å²) in [6.45, 7) is 2.55. The Kier molecular flexibility index (Phi) is 3.27. The molecule has 1 aliphatic rings. The van der Waals surface area contributed by atoms with E-state index in [1.165, 1.54) is 4.31 Å². The van der Waals surface area contributed by atoms with Gasteiger partial charge in [-0.15, -0.1) is 0 Å². The van der Waals surface area contributed by atoms with Crippen molar-refractivity contribution in [3.05, 3.63) is 0 Å². The molecule has 5 nitrogen and oxygen atoms in total. The Labute approximate surface area is 78.2 Å². The molecule has 1 saturated heterocycles. The van der Waals surface area contributed by atoms with E-state index in [2.05, 4.69) is 5.32 Å². The highest BCUT2D eigenvalue weighted by Gasteiger charge is 2.24. The first-order valence-electron chi connectivity index (χ1n) is 4.31. The molecule has 6 heteroatoms. The SMILES string of the molecule is CCS(=O)(=O)N1CCCNC(=O)C1. The highest BCUT2D eigenvalue weighted by molar-refractivity contribution is 7.89. The molecule has 0 spiro atoms. The van der Waals surface area contributed by atoms with Crippen LogP contribution < -0.4 is 5.32 Å². The minimum absolute atomic E-state index is 0.0316. The largest absolute Gasteiger partial charge is 0.355 e. The Bertz CT molecular complexity index is 286. The van der Waals surface area contributed by atoms with Crippen LogP contribution in [0.1, 0.15) is 13.3 Å². The number of hydrogen-bond donors (Lipinski definition) is 1. The Balaban J connectivity index is 2.73. The van der Waals surface area contributed by atoms with E-state index < -0.39 is 10.0 Å². The maximum Gasteiger partial charge on any atom is 0.235 e. The maximum absolute atomic E-state index is 11.4. The minimum atomic E-state index is -3.21. The zero-order valence-electron chi connectivity index (χ0n) is 7.62. The van der Waals surface area contributed by atoms with Crippen molar-refractivity contribution < 1.29 is 13.2 Å². The normalized spacial score (nSPS) is 20.8. The first kappa shape index (κ1) is 10.5. The summed E-state index contributed by atoms with van der Waals surface area (Å²) in [5, 5.41) is 2.63. The van der Waals surface area contributed by atoms with E-state index >= 15 is 0 Å². The molecule has 0 radical (unpaired) electrons. The van der Waals surface area contributed by atoms with Gasteiger partial charge in [-0.2, -0.15) is 4.31 Å². The van der Waals surface area contributed by atoms with Crippen LogP contribution in [0.15, 0.2) is 0 Å². The molecule has 76 valence electrons. The van der Waals surface area contributed by atoms with Crippen molar-refractivity contribution in [2.45, 2.75) is 13.3 Å². The Morgan fingerprint density at radius 3 is 2.85 bits per heavy atom. The average molecular weight is 206 g/mol. The molecule has 1 N–H and O–H groups in total. The van der Waals surface area contributed by atoms with Crippen LogP contribution >= 0.6 is 0 Å². The van der Waals surface area contributed by atoms with Crippen LogP contribution in [0.4, 0.5) is 0 Å². The van der Waals surface area contributed by atoms with Crippen LogP contribution in [0.25, 0.3) is 0 Å². The second-order valence-corrected chi connectivity index (χ2v) is 5.20. The number of hydrogen-bond acceptors (Lipinski definition) is 3. The fourth-order valence-corrected chi connectivity index (χ4v) is 2.28. The van der Waals surface area contributed by atoms with Crippen molar-refractivity contribution in [1.82, 2.24) is 9.62 Å². The van der Waals surface area contributed by atoms with Gasteiger partial charge < -0.3 is 5.32 Å². The van der Waals surface area contributed by atoms with Crippen molar-refractivity contribution in [2.75, 3.05) is 25.4 Å². The van der Waals surface area contributed by atoms with Crippen LogP contribution in [0.5, 0.6) is 0 Å². The molecule has 1 amide bonds. The predicted octanol–water partition coefficient (Wildman–Crippen LogP) is -0.842. The lowest BCUT2D eigenvalue weighted by Crippen LogP contribution is -2.38. The lowest BCUT2D eigenvalue weighted by Gasteiger charge is -2.16. The lowest BCUT2D eigenvalue weighted by molar-refractivity contribution is -0.120. The van der Waals surface area contributed by atoms with Gasteiger partial charge in [0.15, 0.2) is 0 Å². The van der Waals surface area contributed by atoms with E-state index in [0.29, 0.717) is 19.5 Å². The van der Waals surface area contributed by atoms with Crippen LogP contribution in [0.2, 0.25) is 0 Å². The summed E-state index contributed by atoms with van der Waals surface area (Å²) in [4.78, 5) is 11.0. The standard InChI is InChI=1S/C7H14N2O3S/c1-2-13(11,12)9-5-3-4-8-7(10)6-9/h2-6H2,1H3,(H,8,10). The smallest absolute Gasteiger partial charge is 0.235 e. The van der Waals surface area contributed by atoms with Gasteiger partial charge in [0.2, 0.25) is 15.9 Å². The number of nitrogens with zero attached hydrogens (tertiary/aromatic N) is 1. The molecule has 0 bridgehead atoms. The molecular formula is C7H14N2O3S. The highest BCUT2D eigenvalue weighted by atomic mass is 32.2. The number of rotatable bonds is 2. The quantitative estimate of drug-likeness (QED) is 0.640. The van der Waals surface area contributed by atoms with Crippen LogP contribution in [-0.2, 0) is 14.8 Å². The van der Waals surface area contributed by atoms with Gasteiger partial charge in [0, 0.05) is 13.1 Å². The summed E-state index contributed by atoms with van der Waals surface area (Å²) >= 11 is 0. The number of carbonyl (C=O) groups is 1. The van der Waals surface area contributed by atoms with E-state index in [0.717, 1.165) is 0 Å². The van der Waals surface area contributed by atoms with Crippen LogP contribution in [-0.4, -0.2) is 44.0 Å². The summed E-state index contributed by atoms with van der Waals surface area (Å²) in [7, 11) is -3.21. The van der Waals surface area contributed by atoms with E-state index in [4.69, 9.17) is 0 Å². The van der Waals surface area contributed by atoms with Gasteiger partial charge in [-0.05, 0) is 13.3 Å². The predicted molar refractivity (Wildman–Crippen MR) is 48.7 cm³/mol. The molecule has 1 heterocycles.